The topological polar surface area (TPSA) is 53.1 Å². The van der Waals surface area contributed by atoms with Crippen molar-refractivity contribution in [2.75, 3.05) is 30.3 Å². The molecule has 0 atom stereocenters. The number of likely N-dealkylation sites (N-methyl/N-ethyl adjacent to an activating group) is 2. The van der Waals surface area contributed by atoms with Crippen molar-refractivity contribution < 1.29 is 14.3 Å². The van der Waals surface area contributed by atoms with Gasteiger partial charge in [0.25, 0.3) is 0 Å². The number of carbonyl (C=O) groups is 2. The van der Waals surface area contributed by atoms with E-state index in [1.165, 1.54) is 4.90 Å². The van der Waals surface area contributed by atoms with Crippen LogP contribution in [-0.2, 0) is 16.1 Å². The predicted octanol–water partition coefficient (Wildman–Crippen LogP) is 3.50. The summed E-state index contributed by atoms with van der Waals surface area (Å²) in [5.41, 5.74) is 2.06. The maximum atomic E-state index is 12.2. The van der Waals surface area contributed by atoms with Crippen LogP contribution in [0.4, 0.5) is 10.5 Å². The molecule has 2 amide bonds. The van der Waals surface area contributed by atoms with Gasteiger partial charge in [0.15, 0.2) is 0 Å². The maximum Gasteiger partial charge on any atom is 0.409 e. The van der Waals surface area contributed by atoms with Crippen LogP contribution in [0.2, 0.25) is 5.31 Å². The molecule has 0 radical (unpaired) electrons. The lowest BCUT2D eigenvalue weighted by Crippen LogP contribution is -2.40. The number of halogens is 1. The Balaban J connectivity index is 2.50. The van der Waals surface area contributed by atoms with E-state index in [0.717, 1.165) is 11.3 Å². The number of hydrogen-bond donors (Lipinski definition) is 0. The number of hydrogen-bond acceptors (Lipinski definition) is 4. The van der Waals surface area contributed by atoms with Gasteiger partial charge in [-0.2, -0.15) is 0 Å². The van der Waals surface area contributed by atoms with E-state index in [4.69, 9.17) is 4.74 Å². The van der Waals surface area contributed by atoms with Gasteiger partial charge in [-0.1, -0.05) is 26.0 Å². The monoisotopic (exact) mass is 501 g/mol. The molecule has 0 aliphatic rings. The lowest BCUT2D eigenvalue weighted by molar-refractivity contribution is -0.132. The molecule has 0 aliphatic heterocycles. The van der Waals surface area contributed by atoms with Crippen LogP contribution in [-0.4, -0.2) is 62.4 Å². The molecule has 1 aromatic rings. The van der Waals surface area contributed by atoms with E-state index in [-0.39, 0.29) is 18.1 Å². The zero-order chi connectivity index (χ0) is 21.7. The smallest absolute Gasteiger partial charge is 0.409 e. The Kier molecular flexibility index (Phi) is 8.65. The molecule has 0 N–H and O–H groups in total. The molecule has 6 nitrogen and oxygen atoms in total. The average Bonchev–Trinajstić information content (AvgIpc) is 2.61. The van der Waals surface area contributed by atoms with Crippen molar-refractivity contribution in [3.8, 4) is 0 Å². The van der Waals surface area contributed by atoms with Gasteiger partial charge in [0.2, 0.25) is 5.91 Å². The molecule has 0 unspecified atom stereocenters. The Morgan fingerprint density at radius 3 is 1.96 bits per heavy atom. The van der Waals surface area contributed by atoms with Crippen LogP contribution in [0, 0.1) is 0 Å². The SMILES string of the molecule is BC(C)(C)C(=O)N(C)CCN(C)C(=O)OCc1ccc(N(I)C(C)(C)C)cc1. The lowest BCUT2D eigenvalue weighted by atomic mass is 9.71. The molecule has 28 heavy (non-hydrogen) atoms. The van der Waals surface area contributed by atoms with Gasteiger partial charge in [-0.25, -0.2) is 4.79 Å². The highest BCUT2D eigenvalue weighted by molar-refractivity contribution is 14.1. The summed E-state index contributed by atoms with van der Waals surface area (Å²) in [4.78, 5) is 27.5. The van der Waals surface area contributed by atoms with E-state index < -0.39 is 11.4 Å². The van der Waals surface area contributed by atoms with Gasteiger partial charge >= 0.3 is 6.09 Å². The minimum atomic E-state index is -0.430. The molecular formula is C20H33BIN3O3. The van der Waals surface area contributed by atoms with Crippen molar-refractivity contribution in [3.63, 3.8) is 0 Å². The number of ether oxygens (including phenoxy) is 1. The molecule has 0 aromatic heterocycles. The summed E-state index contributed by atoms with van der Waals surface area (Å²) in [5, 5.41) is -0.430. The minimum Gasteiger partial charge on any atom is -0.445 e. The molecule has 0 aliphatic carbocycles. The van der Waals surface area contributed by atoms with Crippen molar-refractivity contribution in [2.45, 2.75) is 52.1 Å². The predicted molar refractivity (Wildman–Crippen MR) is 126 cm³/mol. The van der Waals surface area contributed by atoms with E-state index in [1.54, 1.807) is 19.0 Å². The van der Waals surface area contributed by atoms with E-state index in [9.17, 15) is 9.59 Å². The molecule has 1 rings (SSSR count). The second-order valence-electron chi connectivity index (χ2n) is 9.07. The van der Waals surface area contributed by atoms with Gasteiger partial charge in [-0.05, 0) is 38.5 Å². The normalized spacial score (nSPS) is 11.7. The number of carbonyl (C=O) groups excluding carboxylic acids is 2. The highest BCUT2D eigenvalue weighted by Crippen LogP contribution is 2.28. The average molecular weight is 501 g/mol. The first kappa shape index (κ1) is 24.6. The van der Waals surface area contributed by atoms with Crippen molar-refractivity contribution in [2.24, 2.45) is 0 Å². The summed E-state index contributed by atoms with van der Waals surface area (Å²) in [6, 6.07) is 7.99. The van der Waals surface area contributed by atoms with Crippen LogP contribution < -0.4 is 3.11 Å². The van der Waals surface area contributed by atoms with Crippen LogP contribution in [0.3, 0.4) is 0 Å². The zero-order valence-corrected chi connectivity index (χ0v) is 20.5. The highest BCUT2D eigenvalue weighted by atomic mass is 127. The number of anilines is 1. The van der Waals surface area contributed by atoms with Gasteiger partial charge in [0.05, 0.1) is 22.9 Å². The Bertz CT molecular complexity index is 669. The molecule has 0 bridgehead atoms. The van der Waals surface area contributed by atoms with E-state index in [1.807, 2.05) is 46.0 Å². The van der Waals surface area contributed by atoms with Crippen LogP contribution >= 0.6 is 22.9 Å². The van der Waals surface area contributed by atoms with Crippen molar-refractivity contribution in [1.29, 1.82) is 0 Å². The van der Waals surface area contributed by atoms with Crippen LogP contribution in [0.15, 0.2) is 24.3 Å². The molecule has 0 heterocycles. The summed E-state index contributed by atoms with van der Waals surface area (Å²) in [6.07, 6.45) is -0.397. The highest BCUT2D eigenvalue weighted by Gasteiger charge is 2.25. The molecule has 0 saturated carbocycles. The van der Waals surface area contributed by atoms with Crippen LogP contribution in [0.1, 0.15) is 40.2 Å². The second-order valence-corrected chi connectivity index (χ2v) is 10.0. The number of benzene rings is 1. The Morgan fingerprint density at radius 2 is 1.50 bits per heavy atom. The lowest BCUT2D eigenvalue weighted by Gasteiger charge is -2.31. The maximum absolute atomic E-state index is 12.2. The molecular weight excluding hydrogens is 468 g/mol. The van der Waals surface area contributed by atoms with Gasteiger partial charge in [-0.15, -0.1) is 0 Å². The molecule has 1 aromatic carbocycles. The largest absolute Gasteiger partial charge is 0.445 e. The van der Waals surface area contributed by atoms with Gasteiger partial charge in [-0.3, -0.25) is 4.79 Å². The molecule has 156 valence electrons. The zero-order valence-electron chi connectivity index (χ0n) is 18.4. The van der Waals surface area contributed by atoms with Gasteiger partial charge < -0.3 is 17.6 Å². The van der Waals surface area contributed by atoms with Crippen molar-refractivity contribution >= 4 is 48.4 Å². The van der Waals surface area contributed by atoms with E-state index >= 15 is 0 Å². The molecule has 0 fully saturated rings. The minimum absolute atomic E-state index is 0.0266. The van der Waals surface area contributed by atoms with Crippen LogP contribution in [0.25, 0.3) is 0 Å². The fourth-order valence-corrected chi connectivity index (χ4v) is 2.75. The van der Waals surface area contributed by atoms with Crippen LogP contribution in [0.5, 0.6) is 0 Å². The third-order valence-electron chi connectivity index (χ3n) is 4.19. The van der Waals surface area contributed by atoms with Gasteiger partial charge in [0, 0.05) is 43.7 Å². The third-order valence-corrected chi connectivity index (χ3v) is 6.19. The summed E-state index contributed by atoms with van der Waals surface area (Å²) in [7, 11) is 5.31. The summed E-state index contributed by atoms with van der Waals surface area (Å²) in [5.74, 6) is 0.0499. The Morgan fingerprint density at radius 1 is 1.00 bits per heavy atom. The van der Waals surface area contributed by atoms with Crippen molar-refractivity contribution in [3.05, 3.63) is 29.8 Å². The van der Waals surface area contributed by atoms with E-state index in [0.29, 0.717) is 13.1 Å². The molecule has 8 heteroatoms. The summed E-state index contributed by atoms with van der Waals surface area (Å²) < 4.78 is 7.56. The summed E-state index contributed by atoms with van der Waals surface area (Å²) >= 11 is 2.30. The fraction of sp³-hybridized carbons (Fsp3) is 0.600. The Hall–Kier alpha value is -1.45. The standard InChI is InChI=1S/C20H33BIN3O3/c1-19(2,3)25(22)16-10-8-15(9-11-16)14-28-18(27)24(7)13-12-23(6)17(26)20(4,5)21/h8-11H,12-14,21H2,1-7H3. The third kappa shape index (κ3) is 7.52. The quantitative estimate of drug-likeness (QED) is 0.326. The number of nitrogens with zero attached hydrogens (tertiary/aromatic N) is 3. The van der Waals surface area contributed by atoms with Crippen molar-refractivity contribution in [1.82, 2.24) is 9.80 Å². The van der Waals surface area contributed by atoms with Gasteiger partial charge in [0.1, 0.15) is 14.5 Å². The second kappa shape index (κ2) is 9.85. The molecule has 0 spiro atoms. The van der Waals surface area contributed by atoms with E-state index in [2.05, 4.69) is 46.7 Å². The Labute approximate surface area is 184 Å². The first-order valence-corrected chi connectivity index (χ1v) is 10.4. The number of amides is 2. The molecule has 0 saturated heterocycles. The number of rotatable bonds is 7. The first-order chi connectivity index (χ1) is 12.7. The first-order valence-electron chi connectivity index (χ1n) is 9.42. The summed E-state index contributed by atoms with van der Waals surface area (Å²) in [6.45, 7) is 11.3. The fourth-order valence-electron chi connectivity index (χ4n) is 2.43.